The maximum atomic E-state index is 14.0. The molecule has 0 spiro atoms. The van der Waals surface area contributed by atoms with Crippen LogP contribution in [0.5, 0.6) is 11.5 Å². The SMILES string of the molecule is CCOC(=O)C1=C(C)N=c2s/c(=C\c3ccccc3OCc3cccc(Cl)c3)c(=O)n2[C@H]1c1ccc(OCC)cc1. The minimum absolute atomic E-state index is 0.210. The number of rotatable bonds is 9. The highest BCUT2D eigenvalue weighted by Crippen LogP contribution is 2.31. The standard InChI is InChI=1S/C32H29ClN2O5S/c1-4-38-25-15-13-22(14-16-25)29-28(31(37)39-5-2)20(3)34-32-35(29)30(36)27(41-32)18-23-10-6-7-12-26(23)40-19-21-9-8-11-24(33)17-21/h6-18,29H,4-5,19H2,1-3H3/b27-18-/t29-/m0/s1. The predicted octanol–water partition coefficient (Wildman–Crippen LogP) is 5.43. The van der Waals surface area contributed by atoms with Crippen LogP contribution in [0.1, 0.15) is 43.5 Å². The summed E-state index contributed by atoms with van der Waals surface area (Å²) in [7, 11) is 0. The average molecular weight is 589 g/mol. The third-order valence-electron chi connectivity index (χ3n) is 6.51. The number of carbonyl (C=O) groups is 1. The van der Waals surface area contributed by atoms with Gasteiger partial charge in [0.2, 0.25) is 0 Å². The second kappa shape index (κ2) is 12.6. The summed E-state index contributed by atoms with van der Waals surface area (Å²) < 4.78 is 19.1. The van der Waals surface area contributed by atoms with Gasteiger partial charge < -0.3 is 14.2 Å². The van der Waals surface area contributed by atoms with Gasteiger partial charge >= 0.3 is 5.97 Å². The molecule has 0 saturated heterocycles. The molecule has 1 aliphatic heterocycles. The van der Waals surface area contributed by atoms with Gasteiger partial charge in [-0.1, -0.05) is 65.4 Å². The molecular formula is C32H29ClN2O5S. The number of hydrogen-bond donors (Lipinski definition) is 0. The van der Waals surface area contributed by atoms with E-state index in [4.69, 9.17) is 25.8 Å². The van der Waals surface area contributed by atoms with Crippen LogP contribution in [0.2, 0.25) is 5.02 Å². The average Bonchev–Trinajstić information content (AvgIpc) is 3.26. The number of ether oxygens (including phenoxy) is 3. The van der Waals surface area contributed by atoms with Crippen LogP contribution in [-0.4, -0.2) is 23.8 Å². The Morgan fingerprint density at radius 3 is 2.54 bits per heavy atom. The first kappa shape index (κ1) is 28.4. The van der Waals surface area contributed by atoms with Gasteiger partial charge in [-0.2, -0.15) is 0 Å². The Hall–Kier alpha value is -4.14. The molecule has 210 valence electrons. The molecule has 0 amide bonds. The van der Waals surface area contributed by atoms with Crippen molar-refractivity contribution in [3.63, 3.8) is 0 Å². The normalized spacial score (nSPS) is 14.8. The van der Waals surface area contributed by atoms with Crippen molar-refractivity contribution < 1.29 is 19.0 Å². The molecule has 9 heteroatoms. The van der Waals surface area contributed by atoms with E-state index < -0.39 is 12.0 Å². The maximum Gasteiger partial charge on any atom is 0.338 e. The van der Waals surface area contributed by atoms with E-state index in [0.717, 1.165) is 16.7 Å². The number of aromatic nitrogens is 1. The molecule has 0 bridgehead atoms. The zero-order chi connectivity index (χ0) is 28.9. The number of fused-ring (bicyclic) bond motifs is 1. The first-order valence-corrected chi connectivity index (χ1v) is 14.5. The molecule has 0 N–H and O–H groups in total. The van der Waals surface area contributed by atoms with E-state index in [2.05, 4.69) is 4.99 Å². The third kappa shape index (κ3) is 6.14. The predicted molar refractivity (Wildman–Crippen MR) is 160 cm³/mol. The van der Waals surface area contributed by atoms with Gasteiger partial charge in [-0.3, -0.25) is 9.36 Å². The lowest BCUT2D eigenvalue weighted by molar-refractivity contribution is -0.139. The molecular weight excluding hydrogens is 560 g/mol. The molecule has 1 aromatic heterocycles. The monoisotopic (exact) mass is 588 g/mol. The number of esters is 1. The number of para-hydroxylation sites is 1. The second-order valence-electron chi connectivity index (χ2n) is 9.26. The number of allylic oxidation sites excluding steroid dienone is 1. The van der Waals surface area contributed by atoms with Crippen LogP contribution in [0, 0.1) is 0 Å². The van der Waals surface area contributed by atoms with Crippen LogP contribution in [0.25, 0.3) is 6.08 Å². The van der Waals surface area contributed by atoms with Crippen molar-refractivity contribution in [1.82, 2.24) is 4.57 Å². The Morgan fingerprint density at radius 1 is 1.02 bits per heavy atom. The van der Waals surface area contributed by atoms with Crippen LogP contribution < -0.4 is 24.4 Å². The second-order valence-corrected chi connectivity index (χ2v) is 10.7. The van der Waals surface area contributed by atoms with E-state index in [1.54, 1.807) is 24.5 Å². The molecule has 1 atom stereocenters. The first-order valence-electron chi connectivity index (χ1n) is 13.3. The Bertz CT molecular complexity index is 1790. The highest BCUT2D eigenvalue weighted by molar-refractivity contribution is 7.07. The Labute approximate surface area is 246 Å². The molecule has 1 aliphatic rings. The maximum absolute atomic E-state index is 14.0. The van der Waals surface area contributed by atoms with Crippen LogP contribution in [-0.2, 0) is 16.1 Å². The largest absolute Gasteiger partial charge is 0.494 e. The Balaban J connectivity index is 1.58. The van der Waals surface area contributed by atoms with Crippen molar-refractivity contribution >= 4 is 35.0 Å². The van der Waals surface area contributed by atoms with Gasteiger partial charge in [0.1, 0.15) is 18.1 Å². The topological polar surface area (TPSA) is 79.1 Å². The lowest BCUT2D eigenvalue weighted by Crippen LogP contribution is -2.39. The minimum atomic E-state index is -0.697. The summed E-state index contributed by atoms with van der Waals surface area (Å²) in [6, 6.07) is 21.7. The molecule has 0 unspecified atom stereocenters. The number of carbonyl (C=O) groups excluding carboxylic acids is 1. The summed E-state index contributed by atoms with van der Waals surface area (Å²) in [6.45, 7) is 6.50. The van der Waals surface area contributed by atoms with Gasteiger partial charge in [0, 0.05) is 10.6 Å². The molecule has 3 aromatic carbocycles. The number of nitrogens with zero attached hydrogens (tertiary/aromatic N) is 2. The van der Waals surface area contributed by atoms with E-state index in [9.17, 15) is 9.59 Å². The van der Waals surface area contributed by atoms with Gasteiger partial charge in [0.25, 0.3) is 5.56 Å². The third-order valence-corrected chi connectivity index (χ3v) is 7.73. The van der Waals surface area contributed by atoms with Gasteiger partial charge in [-0.15, -0.1) is 0 Å². The first-order chi connectivity index (χ1) is 19.9. The molecule has 0 saturated carbocycles. The van der Waals surface area contributed by atoms with Crippen molar-refractivity contribution in [2.75, 3.05) is 13.2 Å². The van der Waals surface area contributed by atoms with E-state index >= 15 is 0 Å². The molecule has 0 aliphatic carbocycles. The zero-order valence-corrected chi connectivity index (χ0v) is 24.5. The number of halogens is 1. The van der Waals surface area contributed by atoms with Gasteiger partial charge in [0.05, 0.1) is 35.1 Å². The summed E-state index contributed by atoms with van der Waals surface area (Å²) >= 11 is 7.39. The fraction of sp³-hybridized carbons (Fsp3) is 0.219. The van der Waals surface area contributed by atoms with Crippen molar-refractivity contribution in [2.24, 2.45) is 4.99 Å². The summed E-state index contributed by atoms with van der Waals surface area (Å²) in [6.07, 6.45) is 1.80. The summed E-state index contributed by atoms with van der Waals surface area (Å²) in [5.74, 6) is 0.836. The van der Waals surface area contributed by atoms with Crippen LogP contribution in [0.3, 0.4) is 0 Å². The van der Waals surface area contributed by atoms with E-state index in [1.165, 1.54) is 11.3 Å². The summed E-state index contributed by atoms with van der Waals surface area (Å²) in [5.41, 5.74) is 3.03. The van der Waals surface area contributed by atoms with Gasteiger partial charge in [-0.25, -0.2) is 9.79 Å². The lowest BCUT2D eigenvalue weighted by Gasteiger charge is -2.24. The van der Waals surface area contributed by atoms with E-state index in [0.29, 0.717) is 50.3 Å². The number of thiazole rings is 1. The number of benzene rings is 3. The van der Waals surface area contributed by atoms with Crippen molar-refractivity contribution in [3.8, 4) is 11.5 Å². The number of hydrogen-bond acceptors (Lipinski definition) is 7. The van der Waals surface area contributed by atoms with Crippen LogP contribution in [0.15, 0.2) is 93.9 Å². The minimum Gasteiger partial charge on any atom is -0.494 e. The lowest BCUT2D eigenvalue weighted by atomic mass is 9.96. The van der Waals surface area contributed by atoms with E-state index in [-0.39, 0.29) is 12.2 Å². The fourth-order valence-electron chi connectivity index (χ4n) is 4.68. The summed E-state index contributed by atoms with van der Waals surface area (Å²) in [5, 5.41) is 0.639. The quantitative estimate of drug-likeness (QED) is 0.244. The highest BCUT2D eigenvalue weighted by atomic mass is 35.5. The van der Waals surface area contributed by atoms with Crippen LogP contribution in [0.4, 0.5) is 0 Å². The molecule has 7 nitrogen and oxygen atoms in total. The molecule has 5 rings (SSSR count). The van der Waals surface area contributed by atoms with Gasteiger partial charge in [0.15, 0.2) is 4.80 Å². The molecule has 4 aromatic rings. The molecule has 0 fully saturated rings. The van der Waals surface area contributed by atoms with Gasteiger partial charge in [-0.05, 0) is 68.3 Å². The Morgan fingerprint density at radius 2 is 1.80 bits per heavy atom. The zero-order valence-electron chi connectivity index (χ0n) is 22.9. The molecule has 41 heavy (non-hydrogen) atoms. The van der Waals surface area contributed by atoms with Crippen molar-refractivity contribution in [3.05, 3.63) is 125 Å². The van der Waals surface area contributed by atoms with Crippen molar-refractivity contribution in [2.45, 2.75) is 33.4 Å². The van der Waals surface area contributed by atoms with Crippen molar-refractivity contribution in [1.29, 1.82) is 0 Å². The fourth-order valence-corrected chi connectivity index (χ4v) is 5.93. The van der Waals surface area contributed by atoms with E-state index in [1.807, 2.05) is 79.7 Å². The Kier molecular flexibility index (Phi) is 8.71. The smallest absolute Gasteiger partial charge is 0.338 e. The molecule has 0 radical (unpaired) electrons. The van der Waals surface area contributed by atoms with Crippen LogP contribution >= 0.6 is 22.9 Å². The highest BCUT2D eigenvalue weighted by Gasteiger charge is 2.33. The summed E-state index contributed by atoms with van der Waals surface area (Å²) in [4.78, 5) is 32.2. The molecule has 2 heterocycles.